The van der Waals surface area contributed by atoms with E-state index in [0.29, 0.717) is 12.5 Å². The van der Waals surface area contributed by atoms with Crippen molar-refractivity contribution in [2.24, 2.45) is 5.92 Å². The van der Waals surface area contributed by atoms with Crippen molar-refractivity contribution in [1.29, 1.82) is 0 Å². The first-order chi connectivity index (χ1) is 7.31. The van der Waals surface area contributed by atoms with E-state index in [1.165, 1.54) is 0 Å². The molecule has 96 valence electrons. The molecule has 0 aliphatic carbocycles. The van der Waals surface area contributed by atoms with Crippen LogP contribution in [0.15, 0.2) is 0 Å². The van der Waals surface area contributed by atoms with Crippen LogP contribution in [-0.4, -0.2) is 36.0 Å². The maximum absolute atomic E-state index is 10.4. The molecule has 1 rings (SSSR count). The van der Waals surface area contributed by atoms with Crippen molar-refractivity contribution in [3.05, 3.63) is 0 Å². The summed E-state index contributed by atoms with van der Waals surface area (Å²) in [4.78, 5) is 0. The summed E-state index contributed by atoms with van der Waals surface area (Å²) in [7, 11) is 0. The van der Waals surface area contributed by atoms with Gasteiger partial charge in [-0.15, -0.1) is 0 Å². The molecule has 0 aromatic rings. The predicted octanol–water partition coefficient (Wildman–Crippen LogP) is 1.94. The average molecular weight is 229 g/mol. The molecule has 0 bridgehead atoms. The van der Waals surface area contributed by atoms with E-state index in [9.17, 15) is 5.11 Å². The molecule has 2 atom stereocenters. The minimum absolute atomic E-state index is 0.124. The molecule has 1 saturated heterocycles. The van der Waals surface area contributed by atoms with Crippen LogP contribution in [0.3, 0.4) is 0 Å². The Hall–Kier alpha value is -0.120. The average Bonchev–Trinajstić information content (AvgIpc) is 2.17. The molecule has 16 heavy (non-hydrogen) atoms. The van der Waals surface area contributed by atoms with Gasteiger partial charge in [-0.3, -0.25) is 0 Å². The normalized spacial score (nSPS) is 26.4. The Morgan fingerprint density at radius 2 is 2.00 bits per heavy atom. The lowest BCUT2D eigenvalue weighted by molar-refractivity contribution is -0.0721. The number of nitrogens with one attached hydrogen (secondary N) is 1. The Kier molecular flexibility index (Phi) is 4.77. The molecular formula is C13H27NO2. The maximum Gasteiger partial charge on any atom is 0.0681 e. The molecule has 1 heterocycles. The van der Waals surface area contributed by atoms with Crippen LogP contribution in [0.25, 0.3) is 0 Å². The third kappa shape index (κ3) is 4.81. The van der Waals surface area contributed by atoms with Gasteiger partial charge in [0.25, 0.3) is 0 Å². The molecule has 3 heteroatoms. The van der Waals surface area contributed by atoms with E-state index in [1.807, 2.05) is 6.92 Å². The first kappa shape index (κ1) is 13.9. The first-order valence-electron chi connectivity index (χ1n) is 6.36. The lowest BCUT2D eigenvalue weighted by Crippen LogP contribution is -2.44. The quantitative estimate of drug-likeness (QED) is 0.774. The fraction of sp³-hybridized carbons (Fsp3) is 1.00. The zero-order valence-corrected chi connectivity index (χ0v) is 11.2. The fourth-order valence-corrected chi connectivity index (χ4v) is 2.13. The van der Waals surface area contributed by atoms with Crippen molar-refractivity contribution in [1.82, 2.24) is 5.32 Å². The third-order valence-electron chi connectivity index (χ3n) is 3.33. The molecule has 0 saturated carbocycles. The molecule has 1 fully saturated rings. The largest absolute Gasteiger partial charge is 0.390 e. The molecule has 0 radical (unpaired) electrons. The van der Waals surface area contributed by atoms with Crippen molar-refractivity contribution < 1.29 is 9.84 Å². The summed E-state index contributed by atoms with van der Waals surface area (Å²) < 4.78 is 5.44. The molecule has 2 N–H and O–H groups in total. The highest BCUT2D eigenvalue weighted by Crippen LogP contribution is 2.28. The number of ether oxygens (including phenoxy) is 1. The summed E-state index contributed by atoms with van der Waals surface area (Å²) in [5, 5.41) is 13.8. The van der Waals surface area contributed by atoms with E-state index in [1.54, 1.807) is 0 Å². The molecule has 2 unspecified atom stereocenters. The first-order valence-corrected chi connectivity index (χ1v) is 6.36. The number of rotatable bonds is 4. The van der Waals surface area contributed by atoms with Gasteiger partial charge in [-0.2, -0.15) is 0 Å². The second kappa shape index (κ2) is 5.48. The minimum Gasteiger partial charge on any atom is -0.390 e. The second-order valence-corrected chi connectivity index (χ2v) is 6.20. The van der Waals surface area contributed by atoms with Gasteiger partial charge in [-0.05, 0) is 53.5 Å². The number of hydrogen-bond acceptors (Lipinski definition) is 3. The van der Waals surface area contributed by atoms with E-state index in [2.05, 4.69) is 26.1 Å². The van der Waals surface area contributed by atoms with Gasteiger partial charge < -0.3 is 15.2 Å². The van der Waals surface area contributed by atoms with Crippen LogP contribution in [0.5, 0.6) is 0 Å². The highest BCUT2D eigenvalue weighted by atomic mass is 16.5. The fourth-order valence-electron chi connectivity index (χ4n) is 2.13. The zero-order valence-electron chi connectivity index (χ0n) is 11.2. The van der Waals surface area contributed by atoms with Gasteiger partial charge >= 0.3 is 0 Å². The Morgan fingerprint density at radius 3 is 2.50 bits per heavy atom. The van der Waals surface area contributed by atoms with E-state index in [4.69, 9.17) is 4.74 Å². The van der Waals surface area contributed by atoms with Gasteiger partial charge in [0.05, 0.1) is 12.2 Å². The van der Waals surface area contributed by atoms with Crippen LogP contribution in [0.1, 0.15) is 47.0 Å². The van der Waals surface area contributed by atoms with E-state index in [-0.39, 0.29) is 5.54 Å². The molecule has 1 aliphatic heterocycles. The van der Waals surface area contributed by atoms with Crippen molar-refractivity contribution in [3.63, 3.8) is 0 Å². The number of aliphatic hydroxyl groups is 1. The highest BCUT2D eigenvalue weighted by Gasteiger charge is 2.33. The van der Waals surface area contributed by atoms with Crippen LogP contribution in [0.2, 0.25) is 0 Å². The van der Waals surface area contributed by atoms with Gasteiger partial charge in [-0.1, -0.05) is 0 Å². The summed E-state index contributed by atoms with van der Waals surface area (Å²) in [5.41, 5.74) is -0.474. The van der Waals surface area contributed by atoms with Crippen LogP contribution >= 0.6 is 0 Å². The van der Waals surface area contributed by atoms with Crippen LogP contribution in [0, 0.1) is 5.92 Å². The molecule has 0 aromatic carbocycles. The molecular weight excluding hydrogens is 202 g/mol. The monoisotopic (exact) mass is 229 g/mol. The maximum atomic E-state index is 10.4. The van der Waals surface area contributed by atoms with Crippen molar-refractivity contribution in [2.45, 2.75) is 58.1 Å². The summed E-state index contributed by atoms with van der Waals surface area (Å²) in [5.74, 6) is 0.294. The second-order valence-electron chi connectivity index (χ2n) is 6.20. The smallest absolute Gasteiger partial charge is 0.0681 e. The van der Waals surface area contributed by atoms with Crippen LogP contribution < -0.4 is 5.32 Å². The highest BCUT2D eigenvalue weighted by molar-refractivity contribution is 4.85. The Labute approximate surface area is 99.6 Å². The van der Waals surface area contributed by atoms with Crippen molar-refractivity contribution in [2.75, 3.05) is 19.8 Å². The predicted molar refractivity (Wildman–Crippen MR) is 66.5 cm³/mol. The molecule has 0 spiro atoms. The topological polar surface area (TPSA) is 41.5 Å². The van der Waals surface area contributed by atoms with Gasteiger partial charge in [0.2, 0.25) is 0 Å². The van der Waals surface area contributed by atoms with Crippen molar-refractivity contribution in [3.8, 4) is 0 Å². The van der Waals surface area contributed by atoms with Gasteiger partial charge in [0, 0.05) is 18.1 Å². The standard InChI is InChI=1S/C13H27NO2/c1-12(2,3)14-8-7-13(4,15)11-6-5-9-16-10-11/h11,14-15H,5-10H2,1-4H3. The molecule has 1 aliphatic rings. The summed E-state index contributed by atoms with van der Waals surface area (Å²) >= 11 is 0. The van der Waals surface area contributed by atoms with E-state index >= 15 is 0 Å². The minimum atomic E-state index is -0.599. The molecule has 0 aromatic heterocycles. The van der Waals surface area contributed by atoms with E-state index in [0.717, 1.165) is 32.4 Å². The van der Waals surface area contributed by atoms with Crippen molar-refractivity contribution >= 4 is 0 Å². The Balaban J connectivity index is 2.32. The Morgan fingerprint density at radius 1 is 1.31 bits per heavy atom. The SMILES string of the molecule is CC(C)(C)NCCC(C)(O)C1CCCOC1. The molecule has 3 nitrogen and oxygen atoms in total. The van der Waals surface area contributed by atoms with Gasteiger partial charge in [0.1, 0.15) is 0 Å². The van der Waals surface area contributed by atoms with E-state index < -0.39 is 5.60 Å². The summed E-state index contributed by atoms with van der Waals surface area (Å²) in [6.07, 6.45) is 2.95. The summed E-state index contributed by atoms with van der Waals surface area (Å²) in [6.45, 7) is 10.8. The lowest BCUT2D eigenvalue weighted by Gasteiger charge is -2.36. The zero-order chi connectivity index (χ0) is 12.2. The third-order valence-corrected chi connectivity index (χ3v) is 3.33. The Bertz CT molecular complexity index is 202. The van der Waals surface area contributed by atoms with Gasteiger partial charge in [-0.25, -0.2) is 0 Å². The number of hydrogen-bond donors (Lipinski definition) is 2. The lowest BCUT2D eigenvalue weighted by atomic mass is 9.82. The van der Waals surface area contributed by atoms with Crippen LogP contribution in [-0.2, 0) is 4.74 Å². The summed E-state index contributed by atoms with van der Waals surface area (Å²) in [6, 6.07) is 0. The van der Waals surface area contributed by atoms with Gasteiger partial charge in [0.15, 0.2) is 0 Å². The van der Waals surface area contributed by atoms with Crippen LogP contribution in [0.4, 0.5) is 0 Å². The molecule has 0 amide bonds.